The van der Waals surface area contributed by atoms with Crippen molar-refractivity contribution in [3.05, 3.63) is 56.7 Å². The third-order valence-electron chi connectivity index (χ3n) is 4.61. The minimum absolute atomic E-state index is 0.144. The monoisotopic (exact) mass is 435 g/mol. The van der Waals surface area contributed by atoms with Crippen molar-refractivity contribution in [1.82, 2.24) is 0 Å². The van der Waals surface area contributed by atoms with Crippen LogP contribution in [0.1, 0.15) is 59.5 Å². The summed E-state index contributed by atoms with van der Waals surface area (Å²) < 4.78 is 19.3. The van der Waals surface area contributed by atoms with Gasteiger partial charge in [0.2, 0.25) is 5.91 Å². The molecule has 154 valence electrons. The molecule has 0 spiro atoms. The number of rotatable bonds is 5. The minimum Gasteiger partial charge on any atom is -0.459 e. The predicted octanol–water partition coefficient (Wildman–Crippen LogP) is 6.03. The van der Waals surface area contributed by atoms with Gasteiger partial charge in [-0.05, 0) is 63.3 Å². The van der Waals surface area contributed by atoms with Crippen molar-refractivity contribution in [3.8, 4) is 0 Å². The molecular formula is C22H23ClFNO3S. The Labute approximate surface area is 178 Å². The third kappa shape index (κ3) is 5.25. The summed E-state index contributed by atoms with van der Waals surface area (Å²) in [5, 5.41) is 3.48. The maximum absolute atomic E-state index is 13.9. The number of carbonyl (C=O) groups excluding carboxylic acids is 2. The molecule has 1 heterocycles. The van der Waals surface area contributed by atoms with Gasteiger partial charge in [-0.2, -0.15) is 0 Å². The van der Waals surface area contributed by atoms with Gasteiger partial charge in [-0.3, -0.25) is 4.79 Å². The molecule has 2 aromatic rings. The number of amides is 1. The molecule has 1 aromatic carbocycles. The number of nitrogens with one attached hydrogen (secondary N) is 1. The van der Waals surface area contributed by atoms with Crippen molar-refractivity contribution in [2.45, 2.75) is 52.1 Å². The van der Waals surface area contributed by atoms with E-state index in [1.165, 1.54) is 35.6 Å². The van der Waals surface area contributed by atoms with E-state index < -0.39 is 17.7 Å². The van der Waals surface area contributed by atoms with Crippen LogP contribution in [0.3, 0.4) is 0 Å². The Hall–Kier alpha value is -2.18. The standard InChI is InChI=1S/C22H23ClFNO3S/c1-13(2)28-22(27)20-15-7-4-3-5-10-18(15)29-21(20)25-19(26)12-11-14-16(23)8-6-9-17(14)24/h6,8-9,11-13H,3-5,7,10H2,1-2H3,(H,25,26). The summed E-state index contributed by atoms with van der Waals surface area (Å²) in [7, 11) is 0. The Morgan fingerprint density at radius 1 is 1.24 bits per heavy atom. The fraction of sp³-hybridized carbons (Fsp3) is 0.364. The molecule has 29 heavy (non-hydrogen) atoms. The molecule has 7 heteroatoms. The van der Waals surface area contributed by atoms with Gasteiger partial charge in [0.05, 0.1) is 16.7 Å². The van der Waals surface area contributed by atoms with E-state index in [9.17, 15) is 14.0 Å². The third-order valence-corrected chi connectivity index (χ3v) is 6.14. The van der Waals surface area contributed by atoms with Gasteiger partial charge < -0.3 is 10.1 Å². The lowest BCUT2D eigenvalue weighted by molar-refractivity contribution is -0.111. The molecule has 0 atom stereocenters. The quantitative estimate of drug-likeness (QED) is 0.354. The zero-order chi connectivity index (χ0) is 21.0. The highest BCUT2D eigenvalue weighted by Crippen LogP contribution is 2.38. The van der Waals surface area contributed by atoms with Crippen LogP contribution in [0.4, 0.5) is 9.39 Å². The van der Waals surface area contributed by atoms with Gasteiger partial charge in [0, 0.05) is 16.5 Å². The largest absolute Gasteiger partial charge is 0.459 e. The predicted molar refractivity (Wildman–Crippen MR) is 115 cm³/mol. The second-order valence-electron chi connectivity index (χ2n) is 7.18. The number of thiophene rings is 1. The molecular weight excluding hydrogens is 413 g/mol. The maximum atomic E-state index is 13.9. The number of hydrogen-bond acceptors (Lipinski definition) is 4. The normalized spacial score (nSPS) is 14.0. The Morgan fingerprint density at radius 2 is 2.00 bits per heavy atom. The Balaban J connectivity index is 1.87. The number of benzene rings is 1. The smallest absolute Gasteiger partial charge is 0.341 e. The summed E-state index contributed by atoms with van der Waals surface area (Å²) in [6.45, 7) is 3.59. The summed E-state index contributed by atoms with van der Waals surface area (Å²) in [6.07, 6.45) is 7.16. The van der Waals surface area contributed by atoms with E-state index in [0.717, 1.165) is 42.5 Å². The van der Waals surface area contributed by atoms with Crippen LogP contribution in [0, 0.1) is 5.82 Å². The van der Waals surface area contributed by atoms with Crippen LogP contribution in [0.15, 0.2) is 24.3 Å². The number of carbonyl (C=O) groups is 2. The van der Waals surface area contributed by atoms with Crippen LogP contribution in [0.5, 0.6) is 0 Å². The summed E-state index contributed by atoms with van der Waals surface area (Å²) in [6, 6.07) is 4.33. The second-order valence-corrected chi connectivity index (χ2v) is 8.69. The van der Waals surface area contributed by atoms with Gasteiger partial charge >= 0.3 is 5.97 Å². The van der Waals surface area contributed by atoms with Gasteiger partial charge in [0.25, 0.3) is 0 Å². The number of anilines is 1. The lowest BCUT2D eigenvalue weighted by atomic mass is 10.1. The van der Waals surface area contributed by atoms with Crippen LogP contribution in [0.2, 0.25) is 5.02 Å². The Bertz CT molecular complexity index is 932. The van der Waals surface area contributed by atoms with Crippen LogP contribution in [-0.2, 0) is 22.4 Å². The molecule has 0 aliphatic heterocycles. The molecule has 0 unspecified atom stereocenters. The lowest BCUT2D eigenvalue weighted by Gasteiger charge is -2.11. The van der Waals surface area contributed by atoms with Gasteiger partial charge in [-0.25, -0.2) is 9.18 Å². The van der Waals surface area contributed by atoms with E-state index >= 15 is 0 Å². The SMILES string of the molecule is CC(C)OC(=O)c1c(NC(=O)C=Cc2c(F)cccc2Cl)sc2c1CCCCC2. The molecule has 1 N–H and O–H groups in total. The van der Waals surface area contributed by atoms with Crippen molar-refractivity contribution in [2.75, 3.05) is 5.32 Å². The van der Waals surface area contributed by atoms with E-state index in [-0.39, 0.29) is 16.7 Å². The number of esters is 1. The number of halogens is 2. The highest BCUT2D eigenvalue weighted by molar-refractivity contribution is 7.17. The Kier molecular flexibility index (Phi) is 7.09. The molecule has 0 saturated heterocycles. The topological polar surface area (TPSA) is 55.4 Å². The molecule has 3 rings (SSSR count). The van der Waals surface area contributed by atoms with E-state index in [1.54, 1.807) is 19.9 Å². The molecule has 1 aromatic heterocycles. The first kappa shape index (κ1) is 21.5. The maximum Gasteiger partial charge on any atom is 0.341 e. The average molecular weight is 436 g/mol. The summed E-state index contributed by atoms with van der Waals surface area (Å²) in [5.41, 5.74) is 1.58. The molecule has 0 fully saturated rings. The van der Waals surface area contributed by atoms with Gasteiger partial charge in [0.15, 0.2) is 0 Å². The van der Waals surface area contributed by atoms with Crippen LogP contribution < -0.4 is 5.32 Å². The van der Waals surface area contributed by atoms with E-state index in [0.29, 0.717) is 10.6 Å². The Morgan fingerprint density at radius 3 is 2.72 bits per heavy atom. The second kappa shape index (κ2) is 9.55. The van der Waals surface area contributed by atoms with Crippen molar-refractivity contribution < 1.29 is 18.7 Å². The molecule has 1 aliphatic carbocycles. The van der Waals surface area contributed by atoms with Crippen molar-refractivity contribution in [1.29, 1.82) is 0 Å². The van der Waals surface area contributed by atoms with E-state index in [2.05, 4.69) is 5.32 Å². The highest BCUT2D eigenvalue weighted by atomic mass is 35.5. The molecule has 4 nitrogen and oxygen atoms in total. The number of hydrogen-bond donors (Lipinski definition) is 1. The van der Waals surface area contributed by atoms with Crippen LogP contribution in [0.25, 0.3) is 6.08 Å². The number of ether oxygens (including phenoxy) is 1. The first-order valence-corrected chi connectivity index (χ1v) is 10.8. The van der Waals surface area contributed by atoms with Crippen molar-refractivity contribution in [2.24, 2.45) is 0 Å². The number of aryl methyl sites for hydroxylation is 1. The molecule has 0 radical (unpaired) electrons. The average Bonchev–Trinajstić information content (AvgIpc) is 2.81. The molecule has 1 amide bonds. The first-order valence-electron chi connectivity index (χ1n) is 9.65. The highest BCUT2D eigenvalue weighted by Gasteiger charge is 2.27. The minimum atomic E-state index is -0.509. The molecule has 1 aliphatic rings. The summed E-state index contributed by atoms with van der Waals surface area (Å²) in [5.74, 6) is -1.39. The molecule has 0 saturated carbocycles. The van der Waals surface area contributed by atoms with Crippen LogP contribution >= 0.6 is 22.9 Å². The first-order chi connectivity index (χ1) is 13.9. The lowest BCUT2D eigenvalue weighted by Crippen LogP contribution is -2.16. The fourth-order valence-electron chi connectivity index (χ4n) is 3.30. The zero-order valence-electron chi connectivity index (χ0n) is 16.4. The molecule has 0 bridgehead atoms. The zero-order valence-corrected chi connectivity index (χ0v) is 18.0. The van der Waals surface area contributed by atoms with E-state index in [1.807, 2.05) is 0 Å². The fourth-order valence-corrected chi connectivity index (χ4v) is 4.81. The summed E-state index contributed by atoms with van der Waals surface area (Å²) >= 11 is 7.41. The van der Waals surface area contributed by atoms with Gasteiger partial charge in [0.1, 0.15) is 10.8 Å². The van der Waals surface area contributed by atoms with Gasteiger partial charge in [-0.1, -0.05) is 24.1 Å². The van der Waals surface area contributed by atoms with Crippen LogP contribution in [-0.4, -0.2) is 18.0 Å². The van der Waals surface area contributed by atoms with Gasteiger partial charge in [-0.15, -0.1) is 11.3 Å². The summed E-state index contributed by atoms with van der Waals surface area (Å²) in [4.78, 5) is 26.3. The van der Waals surface area contributed by atoms with Crippen molar-refractivity contribution in [3.63, 3.8) is 0 Å². The van der Waals surface area contributed by atoms with E-state index in [4.69, 9.17) is 16.3 Å². The van der Waals surface area contributed by atoms with Crippen molar-refractivity contribution >= 4 is 45.9 Å². The number of fused-ring (bicyclic) bond motifs is 1.